The molecule has 0 radical (unpaired) electrons. The molecule has 0 bridgehead atoms. The summed E-state index contributed by atoms with van der Waals surface area (Å²) in [6.07, 6.45) is 3.55. The minimum absolute atomic E-state index is 0.0209. The highest BCUT2D eigenvalue weighted by Gasteiger charge is 2.31. The number of fused-ring (bicyclic) bond motifs is 1. The summed E-state index contributed by atoms with van der Waals surface area (Å²) in [6, 6.07) is 6.05. The molecular weight excluding hydrogens is 272 g/mol. The molecule has 1 aromatic rings. The predicted molar refractivity (Wildman–Crippen MR) is 80.9 cm³/mol. The van der Waals surface area contributed by atoms with Crippen molar-refractivity contribution in [3.63, 3.8) is 0 Å². The number of amides is 1. The van der Waals surface area contributed by atoms with Crippen molar-refractivity contribution in [3.8, 4) is 5.75 Å². The van der Waals surface area contributed by atoms with Crippen LogP contribution in [0.5, 0.6) is 5.75 Å². The topological polar surface area (TPSA) is 41.6 Å². The highest BCUT2D eigenvalue weighted by Crippen LogP contribution is 2.26. The zero-order valence-corrected chi connectivity index (χ0v) is 12.3. The van der Waals surface area contributed by atoms with Crippen LogP contribution in [0, 0.1) is 0 Å². The monoisotopic (exact) mass is 290 g/mol. The Kier molecular flexibility index (Phi) is 3.61. The number of nitrogens with one attached hydrogen (secondary N) is 1. The van der Waals surface area contributed by atoms with Gasteiger partial charge in [0.25, 0.3) is 5.91 Å². The van der Waals surface area contributed by atoms with Gasteiger partial charge in [0.1, 0.15) is 18.4 Å². The van der Waals surface area contributed by atoms with Crippen LogP contribution in [0.15, 0.2) is 18.2 Å². The Balaban J connectivity index is 1.55. The average Bonchev–Trinajstić information content (AvgIpc) is 2.98. The molecule has 3 rings (SSSR count). The van der Waals surface area contributed by atoms with Crippen molar-refractivity contribution in [1.29, 1.82) is 0 Å². The zero-order valence-electron chi connectivity index (χ0n) is 11.5. The van der Waals surface area contributed by atoms with Crippen LogP contribution in [0.2, 0.25) is 0 Å². The fourth-order valence-electron chi connectivity index (χ4n) is 2.76. The number of thiocarbonyl (C=S) groups is 1. The van der Waals surface area contributed by atoms with Gasteiger partial charge in [0.05, 0.1) is 6.54 Å². The molecule has 2 aliphatic rings. The van der Waals surface area contributed by atoms with E-state index in [0.717, 1.165) is 12.2 Å². The van der Waals surface area contributed by atoms with Crippen molar-refractivity contribution in [2.24, 2.45) is 0 Å². The number of rotatable bonds is 4. The van der Waals surface area contributed by atoms with Crippen molar-refractivity contribution in [1.82, 2.24) is 10.2 Å². The van der Waals surface area contributed by atoms with Crippen molar-refractivity contribution in [2.45, 2.75) is 32.2 Å². The third-order valence-electron chi connectivity index (χ3n) is 3.88. The molecule has 1 amide bonds. The molecule has 1 aromatic carbocycles. The fraction of sp³-hybridized carbons (Fsp3) is 0.467. The predicted octanol–water partition coefficient (Wildman–Crippen LogP) is 1.66. The van der Waals surface area contributed by atoms with Crippen LogP contribution in [0.4, 0.5) is 0 Å². The van der Waals surface area contributed by atoms with E-state index in [0.29, 0.717) is 18.3 Å². The van der Waals surface area contributed by atoms with Crippen molar-refractivity contribution < 1.29 is 9.53 Å². The van der Waals surface area contributed by atoms with Gasteiger partial charge in [-0.25, -0.2) is 0 Å². The summed E-state index contributed by atoms with van der Waals surface area (Å²) in [5, 5.41) is 3.45. The number of hydrogen-bond donors (Lipinski definition) is 1. The van der Waals surface area contributed by atoms with Crippen LogP contribution in [0.3, 0.4) is 0 Å². The van der Waals surface area contributed by atoms with E-state index in [1.807, 2.05) is 13.0 Å². The lowest BCUT2D eigenvalue weighted by atomic mass is 10.1. The minimum atomic E-state index is -0.220. The van der Waals surface area contributed by atoms with E-state index >= 15 is 0 Å². The summed E-state index contributed by atoms with van der Waals surface area (Å²) in [4.78, 5) is 13.4. The number of aryl methyl sites for hydroxylation is 2. The first kappa shape index (κ1) is 13.4. The Morgan fingerprint density at radius 3 is 2.95 bits per heavy atom. The number of ether oxygens (including phenoxy) is 1. The molecule has 4 nitrogen and oxygen atoms in total. The fourth-order valence-corrected chi connectivity index (χ4v) is 3.12. The first-order chi connectivity index (χ1) is 9.65. The summed E-state index contributed by atoms with van der Waals surface area (Å²) in [6.45, 7) is 2.77. The van der Waals surface area contributed by atoms with Crippen LogP contribution in [-0.2, 0) is 17.6 Å². The SMILES string of the molecule is C[C@H]1NC(=S)N(CCOc2ccc3c(c2)CCC3)C1=O. The second-order valence-corrected chi connectivity index (χ2v) is 5.68. The molecule has 1 aliphatic carbocycles. The molecule has 0 unspecified atom stereocenters. The first-order valence-electron chi connectivity index (χ1n) is 7.01. The normalized spacial score (nSPS) is 21.1. The summed E-state index contributed by atoms with van der Waals surface area (Å²) < 4.78 is 5.74. The Bertz CT molecular complexity index is 559. The van der Waals surface area contributed by atoms with Crippen LogP contribution >= 0.6 is 12.2 Å². The van der Waals surface area contributed by atoms with E-state index in [9.17, 15) is 4.79 Å². The van der Waals surface area contributed by atoms with E-state index < -0.39 is 0 Å². The summed E-state index contributed by atoms with van der Waals surface area (Å²) in [5.41, 5.74) is 2.83. The van der Waals surface area contributed by atoms with Gasteiger partial charge in [-0.3, -0.25) is 9.69 Å². The molecule has 1 saturated heterocycles. The van der Waals surface area contributed by atoms with Gasteiger partial charge < -0.3 is 10.1 Å². The average molecular weight is 290 g/mol. The molecule has 0 saturated carbocycles. The third-order valence-corrected chi connectivity index (χ3v) is 4.21. The number of nitrogens with zero attached hydrogens (tertiary/aromatic N) is 1. The van der Waals surface area contributed by atoms with E-state index in [-0.39, 0.29) is 11.9 Å². The molecule has 1 fully saturated rings. The summed E-state index contributed by atoms with van der Waals surface area (Å²) in [5.74, 6) is 0.900. The molecule has 5 heteroatoms. The van der Waals surface area contributed by atoms with Crippen molar-refractivity contribution >= 4 is 23.2 Å². The molecule has 1 atom stereocenters. The molecule has 0 spiro atoms. The molecular formula is C15H18N2O2S. The van der Waals surface area contributed by atoms with Gasteiger partial charge in [-0.15, -0.1) is 0 Å². The zero-order chi connectivity index (χ0) is 14.1. The van der Waals surface area contributed by atoms with Crippen molar-refractivity contribution in [2.75, 3.05) is 13.2 Å². The second-order valence-electron chi connectivity index (χ2n) is 5.29. The number of hydrogen-bond acceptors (Lipinski definition) is 3. The van der Waals surface area contributed by atoms with Crippen LogP contribution < -0.4 is 10.1 Å². The smallest absolute Gasteiger partial charge is 0.251 e. The summed E-state index contributed by atoms with van der Waals surface area (Å²) >= 11 is 5.13. The van der Waals surface area contributed by atoms with E-state index in [4.69, 9.17) is 17.0 Å². The minimum Gasteiger partial charge on any atom is -0.492 e. The highest BCUT2D eigenvalue weighted by molar-refractivity contribution is 7.80. The van der Waals surface area contributed by atoms with Crippen LogP contribution in [0.25, 0.3) is 0 Å². The van der Waals surface area contributed by atoms with E-state index in [1.165, 1.54) is 24.0 Å². The lowest BCUT2D eigenvalue weighted by Gasteiger charge is -2.15. The van der Waals surface area contributed by atoms with Gasteiger partial charge in [-0.1, -0.05) is 6.07 Å². The molecule has 1 N–H and O–H groups in total. The Morgan fingerprint density at radius 1 is 1.40 bits per heavy atom. The Hall–Kier alpha value is -1.62. The Labute approximate surface area is 124 Å². The Morgan fingerprint density at radius 2 is 2.20 bits per heavy atom. The first-order valence-corrected chi connectivity index (χ1v) is 7.42. The molecule has 1 aliphatic heterocycles. The third kappa shape index (κ3) is 2.50. The standard InChI is InChI=1S/C15H18N2O2S/c1-10-14(18)17(15(20)16-10)7-8-19-13-6-5-11-3-2-4-12(11)9-13/h5-6,9-10H,2-4,7-8H2,1H3,(H,16,20)/t10-/m1/s1. The van der Waals surface area contributed by atoms with E-state index in [2.05, 4.69) is 17.4 Å². The number of carbonyl (C=O) groups excluding carboxylic acids is 1. The molecule has 20 heavy (non-hydrogen) atoms. The van der Waals surface area contributed by atoms with Gasteiger partial charge in [0.15, 0.2) is 5.11 Å². The number of carbonyl (C=O) groups is 1. The lowest BCUT2D eigenvalue weighted by Crippen LogP contribution is -2.34. The molecule has 1 heterocycles. The lowest BCUT2D eigenvalue weighted by molar-refractivity contribution is -0.126. The van der Waals surface area contributed by atoms with Crippen LogP contribution in [-0.4, -0.2) is 35.1 Å². The van der Waals surface area contributed by atoms with Gasteiger partial charge in [0, 0.05) is 0 Å². The van der Waals surface area contributed by atoms with Crippen LogP contribution in [0.1, 0.15) is 24.5 Å². The number of benzene rings is 1. The van der Waals surface area contributed by atoms with Crippen molar-refractivity contribution in [3.05, 3.63) is 29.3 Å². The largest absolute Gasteiger partial charge is 0.492 e. The van der Waals surface area contributed by atoms with Gasteiger partial charge in [-0.05, 0) is 61.7 Å². The maximum Gasteiger partial charge on any atom is 0.251 e. The second kappa shape index (κ2) is 5.40. The highest BCUT2D eigenvalue weighted by atomic mass is 32.1. The molecule has 106 valence electrons. The maximum atomic E-state index is 11.8. The molecule has 0 aromatic heterocycles. The van der Waals surface area contributed by atoms with Gasteiger partial charge >= 0.3 is 0 Å². The quantitative estimate of drug-likeness (QED) is 0.856. The van der Waals surface area contributed by atoms with Gasteiger partial charge in [-0.2, -0.15) is 0 Å². The maximum absolute atomic E-state index is 11.8. The summed E-state index contributed by atoms with van der Waals surface area (Å²) in [7, 11) is 0. The van der Waals surface area contributed by atoms with Gasteiger partial charge in [0.2, 0.25) is 0 Å². The van der Waals surface area contributed by atoms with E-state index in [1.54, 1.807) is 4.90 Å².